The number of halogens is 3. The van der Waals surface area contributed by atoms with Gasteiger partial charge in [0.1, 0.15) is 0 Å². The summed E-state index contributed by atoms with van der Waals surface area (Å²) in [5.41, 5.74) is 6.62. The van der Waals surface area contributed by atoms with E-state index in [1.807, 2.05) is 13.8 Å². The van der Waals surface area contributed by atoms with Crippen LogP contribution in [0.15, 0.2) is 16.6 Å². The predicted octanol–water partition coefficient (Wildman–Crippen LogP) is 3.18. The molecule has 0 saturated heterocycles. The molecule has 0 bridgehead atoms. The molecule has 1 aliphatic rings. The van der Waals surface area contributed by atoms with E-state index in [4.69, 9.17) is 5.73 Å². The summed E-state index contributed by atoms with van der Waals surface area (Å²) in [5.74, 6) is -1.55. The van der Waals surface area contributed by atoms with Gasteiger partial charge >= 0.3 is 0 Å². The molecule has 15 heavy (non-hydrogen) atoms. The summed E-state index contributed by atoms with van der Waals surface area (Å²) in [7, 11) is 0. The molecule has 82 valence electrons. The van der Waals surface area contributed by atoms with Gasteiger partial charge in [-0.15, -0.1) is 0 Å². The summed E-state index contributed by atoms with van der Waals surface area (Å²) in [6.45, 7) is 4.05. The highest BCUT2D eigenvalue weighted by molar-refractivity contribution is 9.10. The normalized spacial score (nSPS) is 27.9. The lowest BCUT2D eigenvalue weighted by molar-refractivity contribution is 0.505. The zero-order valence-corrected chi connectivity index (χ0v) is 10.1. The maximum atomic E-state index is 13.1. The Morgan fingerprint density at radius 3 is 2.20 bits per heavy atom. The summed E-state index contributed by atoms with van der Waals surface area (Å²) >= 11 is 3.24. The van der Waals surface area contributed by atoms with Gasteiger partial charge in [-0.05, 0) is 23.1 Å². The van der Waals surface area contributed by atoms with Gasteiger partial charge in [0.15, 0.2) is 11.6 Å². The van der Waals surface area contributed by atoms with Gasteiger partial charge in [-0.25, -0.2) is 8.78 Å². The van der Waals surface area contributed by atoms with Crippen LogP contribution in [-0.2, 0) is 0 Å². The molecular formula is C11H12BrF2N. The van der Waals surface area contributed by atoms with Crippen LogP contribution < -0.4 is 5.73 Å². The molecule has 1 aromatic carbocycles. The maximum absolute atomic E-state index is 13.1. The molecule has 0 amide bonds. The fraction of sp³-hybridized carbons (Fsp3) is 0.455. The van der Waals surface area contributed by atoms with Gasteiger partial charge in [-0.1, -0.05) is 29.8 Å². The average Bonchev–Trinajstić information content (AvgIpc) is 2.60. The Kier molecular flexibility index (Phi) is 2.39. The summed E-state index contributed by atoms with van der Waals surface area (Å²) < 4.78 is 26.6. The SMILES string of the molecule is CC1(C)C(N)C1c1cc(F)c(F)cc1Br. The van der Waals surface area contributed by atoms with Crippen LogP contribution >= 0.6 is 15.9 Å². The van der Waals surface area contributed by atoms with Crippen molar-refractivity contribution in [2.75, 3.05) is 0 Å². The van der Waals surface area contributed by atoms with Crippen LogP contribution in [0.4, 0.5) is 8.78 Å². The molecule has 0 heterocycles. The van der Waals surface area contributed by atoms with Crippen molar-refractivity contribution in [2.24, 2.45) is 11.1 Å². The number of hydrogen-bond donors (Lipinski definition) is 1. The van der Waals surface area contributed by atoms with E-state index in [0.717, 1.165) is 11.6 Å². The quantitative estimate of drug-likeness (QED) is 0.783. The molecule has 0 aliphatic heterocycles. The minimum Gasteiger partial charge on any atom is -0.327 e. The standard InChI is InChI=1S/C11H12BrF2N/c1-11(2)9(10(11)15)5-3-7(13)8(14)4-6(5)12/h3-4,9-10H,15H2,1-2H3. The zero-order valence-electron chi connectivity index (χ0n) is 8.52. The largest absolute Gasteiger partial charge is 0.327 e. The van der Waals surface area contributed by atoms with Crippen molar-refractivity contribution in [1.82, 2.24) is 0 Å². The van der Waals surface area contributed by atoms with E-state index in [9.17, 15) is 8.78 Å². The van der Waals surface area contributed by atoms with Gasteiger partial charge in [0.05, 0.1) is 0 Å². The van der Waals surface area contributed by atoms with Crippen LogP contribution in [0.2, 0.25) is 0 Å². The van der Waals surface area contributed by atoms with Crippen molar-refractivity contribution in [3.05, 3.63) is 33.8 Å². The first-order valence-corrected chi connectivity index (χ1v) is 5.55. The Bertz CT molecular complexity index is 417. The molecule has 1 aliphatic carbocycles. The molecule has 1 fully saturated rings. The third-order valence-electron chi connectivity index (χ3n) is 3.29. The molecule has 2 N–H and O–H groups in total. The fourth-order valence-electron chi connectivity index (χ4n) is 2.05. The van der Waals surface area contributed by atoms with Crippen molar-refractivity contribution in [3.8, 4) is 0 Å². The molecule has 1 saturated carbocycles. The third-order valence-corrected chi connectivity index (χ3v) is 3.97. The first-order chi connectivity index (χ1) is 6.85. The molecule has 4 heteroatoms. The van der Waals surface area contributed by atoms with E-state index < -0.39 is 11.6 Å². The minimum absolute atomic E-state index is 0.0126. The van der Waals surface area contributed by atoms with Crippen LogP contribution in [0.25, 0.3) is 0 Å². The van der Waals surface area contributed by atoms with Crippen molar-refractivity contribution in [1.29, 1.82) is 0 Å². The minimum atomic E-state index is -0.836. The molecule has 0 radical (unpaired) electrons. The summed E-state index contributed by atoms with van der Waals surface area (Å²) in [5, 5.41) is 0. The van der Waals surface area contributed by atoms with E-state index in [-0.39, 0.29) is 17.4 Å². The first kappa shape index (κ1) is 11.0. The van der Waals surface area contributed by atoms with E-state index in [1.54, 1.807) is 0 Å². The monoisotopic (exact) mass is 275 g/mol. The lowest BCUT2D eigenvalue weighted by Crippen LogP contribution is -2.06. The summed E-state index contributed by atoms with van der Waals surface area (Å²) in [4.78, 5) is 0. The highest BCUT2D eigenvalue weighted by Gasteiger charge is 2.56. The first-order valence-electron chi connectivity index (χ1n) is 4.75. The predicted molar refractivity (Wildman–Crippen MR) is 58.6 cm³/mol. The molecular weight excluding hydrogens is 264 g/mol. The molecule has 2 rings (SSSR count). The van der Waals surface area contributed by atoms with Crippen molar-refractivity contribution in [2.45, 2.75) is 25.8 Å². The van der Waals surface area contributed by atoms with E-state index in [2.05, 4.69) is 15.9 Å². The van der Waals surface area contributed by atoms with Gasteiger partial charge in [-0.2, -0.15) is 0 Å². The molecule has 0 spiro atoms. The van der Waals surface area contributed by atoms with Crippen molar-refractivity contribution < 1.29 is 8.78 Å². The van der Waals surface area contributed by atoms with Crippen LogP contribution in [0.3, 0.4) is 0 Å². The second-order valence-corrected chi connectivity index (χ2v) is 5.47. The molecule has 1 aromatic rings. The van der Waals surface area contributed by atoms with Crippen LogP contribution in [0.5, 0.6) is 0 Å². The third kappa shape index (κ3) is 1.60. The van der Waals surface area contributed by atoms with Crippen LogP contribution in [0.1, 0.15) is 25.3 Å². The van der Waals surface area contributed by atoms with Crippen molar-refractivity contribution >= 4 is 15.9 Å². The lowest BCUT2D eigenvalue weighted by atomic mass is 10.0. The Morgan fingerprint density at radius 2 is 1.73 bits per heavy atom. The summed E-state index contributed by atoms with van der Waals surface area (Å²) in [6, 6.07) is 2.41. The maximum Gasteiger partial charge on any atom is 0.159 e. The molecule has 2 atom stereocenters. The highest BCUT2D eigenvalue weighted by Crippen LogP contribution is 2.58. The zero-order chi connectivity index (χ0) is 11.4. The smallest absolute Gasteiger partial charge is 0.159 e. The second kappa shape index (κ2) is 3.25. The second-order valence-electron chi connectivity index (χ2n) is 4.61. The van der Waals surface area contributed by atoms with Crippen LogP contribution in [-0.4, -0.2) is 6.04 Å². The van der Waals surface area contributed by atoms with Gasteiger partial charge < -0.3 is 5.73 Å². The Balaban J connectivity index is 2.43. The average molecular weight is 276 g/mol. The molecule has 1 nitrogen and oxygen atoms in total. The Hall–Kier alpha value is -0.480. The topological polar surface area (TPSA) is 26.0 Å². The Morgan fingerprint density at radius 1 is 1.27 bits per heavy atom. The molecule has 2 unspecified atom stereocenters. The van der Waals surface area contributed by atoms with E-state index >= 15 is 0 Å². The van der Waals surface area contributed by atoms with E-state index in [0.29, 0.717) is 4.47 Å². The molecule has 0 aromatic heterocycles. The lowest BCUT2D eigenvalue weighted by Gasteiger charge is -2.06. The van der Waals surface area contributed by atoms with Gasteiger partial charge in [0.2, 0.25) is 0 Å². The Labute approximate surface area is 95.8 Å². The summed E-state index contributed by atoms with van der Waals surface area (Å²) in [6.07, 6.45) is 0. The number of rotatable bonds is 1. The highest BCUT2D eigenvalue weighted by atomic mass is 79.9. The van der Waals surface area contributed by atoms with Gasteiger partial charge in [0, 0.05) is 16.4 Å². The van der Waals surface area contributed by atoms with Gasteiger partial charge in [0.25, 0.3) is 0 Å². The number of nitrogens with two attached hydrogens (primary N) is 1. The van der Waals surface area contributed by atoms with Crippen LogP contribution in [0, 0.1) is 17.0 Å². The van der Waals surface area contributed by atoms with E-state index in [1.165, 1.54) is 6.07 Å². The van der Waals surface area contributed by atoms with Gasteiger partial charge in [-0.3, -0.25) is 0 Å². The fourth-order valence-corrected chi connectivity index (χ4v) is 2.61. The van der Waals surface area contributed by atoms with Crippen molar-refractivity contribution in [3.63, 3.8) is 0 Å². The number of hydrogen-bond acceptors (Lipinski definition) is 1. The number of benzene rings is 1.